The van der Waals surface area contributed by atoms with Crippen LogP contribution in [0.15, 0.2) is 0 Å². The Kier molecular flexibility index (Phi) is 4.31. The van der Waals surface area contributed by atoms with Crippen LogP contribution < -0.4 is 0 Å². The molecule has 2 fully saturated rings. The van der Waals surface area contributed by atoms with Gasteiger partial charge in [0.1, 0.15) is 0 Å². The summed E-state index contributed by atoms with van der Waals surface area (Å²) in [5.41, 5.74) is 0. The number of likely N-dealkylation sites (tertiary alicyclic amines) is 2. The molecule has 3 nitrogen and oxygen atoms in total. The summed E-state index contributed by atoms with van der Waals surface area (Å²) >= 11 is 0. The molecule has 0 N–H and O–H groups in total. The van der Waals surface area contributed by atoms with Crippen molar-refractivity contribution >= 4 is 5.91 Å². The van der Waals surface area contributed by atoms with E-state index < -0.39 is 12.3 Å². The lowest BCUT2D eigenvalue weighted by atomic mass is 9.97. The predicted molar refractivity (Wildman–Crippen MR) is 61.0 cm³/mol. The predicted octanol–water partition coefficient (Wildman–Crippen LogP) is 1.59. The second-order valence-electron chi connectivity index (χ2n) is 5.10. The largest absolute Gasteiger partial charge is 0.337 e. The molecule has 0 saturated carbocycles. The SMILES string of the molecule is O=C(C(F)F)N1CCCC(CN2CCCC2)C1. The summed E-state index contributed by atoms with van der Waals surface area (Å²) in [5, 5.41) is 0. The molecule has 1 atom stereocenters. The van der Waals surface area contributed by atoms with Gasteiger partial charge < -0.3 is 9.80 Å². The minimum Gasteiger partial charge on any atom is -0.337 e. The summed E-state index contributed by atoms with van der Waals surface area (Å²) in [7, 11) is 0. The van der Waals surface area contributed by atoms with Gasteiger partial charge in [0.15, 0.2) is 0 Å². The zero-order valence-corrected chi connectivity index (χ0v) is 10.1. The Labute approximate surface area is 101 Å². The van der Waals surface area contributed by atoms with Crippen LogP contribution in [0.4, 0.5) is 8.78 Å². The van der Waals surface area contributed by atoms with Crippen molar-refractivity contribution in [1.29, 1.82) is 0 Å². The Hall–Kier alpha value is -0.710. The maximum Gasteiger partial charge on any atom is 0.315 e. The second kappa shape index (κ2) is 5.76. The molecule has 5 heteroatoms. The van der Waals surface area contributed by atoms with Gasteiger partial charge in [-0.3, -0.25) is 4.79 Å². The van der Waals surface area contributed by atoms with E-state index in [9.17, 15) is 13.6 Å². The van der Waals surface area contributed by atoms with E-state index in [0.717, 1.165) is 32.5 Å². The van der Waals surface area contributed by atoms with Crippen molar-refractivity contribution < 1.29 is 13.6 Å². The fourth-order valence-electron chi connectivity index (χ4n) is 2.88. The van der Waals surface area contributed by atoms with Crippen LogP contribution >= 0.6 is 0 Å². The molecule has 0 radical (unpaired) electrons. The lowest BCUT2D eigenvalue weighted by Crippen LogP contribution is -2.45. The smallest absolute Gasteiger partial charge is 0.315 e. The third-order valence-electron chi connectivity index (χ3n) is 3.73. The van der Waals surface area contributed by atoms with Crippen LogP contribution in [0.2, 0.25) is 0 Å². The van der Waals surface area contributed by atoms with Gasteiger partial charge in [-0.25, -0.2) is 0 Å². The van der Waals surface area contributed by atoms with Gasteiger partial charge in [0.05, 0.1) is 0 Å². The fourth-order valence-corrected chi connectivity index (χ4v) is 2.88. The molecule has 2 rings (SSSR count). The van der Waals surface area contributed by atoms with E-state index in [1.54, 1.807) is 0 Å². The Balaban J connectivity index is 1.81. The lowest BCUT2D eigenvalue weighted by molar-refractivity contribution is -0.144. The second-order valence-corrected chi connectivity index (χ2v) is 5.10. The van der Waals surface area contributed by atoms with Gasteiger partial charge in [-0.1, -0.05) is 0 Å². The number of nitrogens with zero attached hydrogens (tertiary/aromatic N) is 2. The maximum atomic E-state index is 12.3. The highest BCUT2D eigenvalue weighted by Gasteiger charge is 2.29. The highest BCUT2D eigenvalue weighted by molar-refractivity contribution is 5.79. The van der Waals surface area contributed by atoms with E-state index in [0.29, 0.717) is 19.0 Å². The van der Waals surface area contributed by atoms with Crippen molar-refractivity contribution in [2.45, 2.75) is 32.1 Å². The van der Waals surface area contributed by atoms with Crippen LogP contribution in [0.5, 0.6) is 0 Å². The third-order valence-corrected chi connectivity index (χ3v) is 3.73. The van der Waals surface area contributed by atoms with Crippen LogP contribution in [0.25, 0.3) is 0 Å². The first-order valence-corrected chi connectivity index (χ1v) is 6.46. The monoisotopic (exact) mass is 246 g/mol. The first-order valence-electron chi connectivity index (χ1n) is 6.46. The molecule has 0 aliphatic carbocycles. The van der Waals surface area contributed by atoms with Gasteiger partial charge in [0.25, 0.3) is 5.91 Å². The van der Waals surface area contributed by atoms with Crippen molar-refractivity contribution in [3.05, 3.63) is 0 Å². The molecule has 0 aromatic heterocycles. The summed E-state index contributed by atoms with van der Waals surface area (Å²) in [6.07, 6.45) is 1.56. The summed E-state index contributed by atoms with van der Waals surface area (Å²) in [6.45, 7) is 4.23. The topological polar surface area (TPSA) is 23.6 Å². The number of carbonyl (C=O) groups excluding carboxylic acids is 1. The Morgan fingerprint density at radius 2 is 1.88 bits per heavy atom. The van der Waals surface area contributed by atoms with Crippen LogP contribution in [-0.4, -0.2) is 54.9 Å². The van der Waals surface area contributed by atoms with Crippen LogP contribution in [0.3, 0.4) is 0 Å². The van der Waals surface area contributed by atoms with Gasteiger partial charge in [-0.2, -0.15) is 8.78 Å². The molecule has 2 heterocycles. The summed E-state index contributed by atoms with van der Waals surface area (Å²) < 4.78 is 24.7. The lowest BCUT2D eigenvalue weighted by Gasteiger charge is -2.34. The van der Waals surface area contributed by atoms with Crippen molar-refractivity contribution in [3.63, 3.8) is 0 Å². The molecule has 0 bridgehead atoms. The van der Waals surface area contributed by atoms with Crippen LogP contribution in [-0.2, 0) is 4.79 Å². The number of carbonyl (C=O) groups is 1. The number of hydrogen-bond donors (Lipinski definition) is 0. The Bertz CT molecular complexity index is 267. The summed E-state index contributed by atoms with van der Waals surface area (Å²) in [5.74, 6) is -0.610. The van der Waals surface area contributed by atoms with E-state index in [4.69, 9.17) is 0 Å². The van der Waals surface area contributed by atoms with E-state index in [2.05, 4.69) is 4.90 Å². The first-order chi connectivity index (χ1) is 8.16. The van der Waals surface area contributed by atoms with Crippen molar-refractivity contribution in [3.8, 4) is 0 Å². The zero-order chi connectivity index (χ0) is 12.3. The number of piperidine rings is 1. The molecule has 0 aromatic rings. The molecule has 2 saturated heterocycles. The molecule has 1 unspecified atom stereocenters. The summed E-state index contributed by atoms with van der Waals surface area (Å²) in [4.78, 5) is 15.0. The number of halogens is 2. The fraction of sp³-hybridized carbons (Fsp3) is 0.917. The van der Waals surface area contributed by atoms with Crippen LogP contribution in [0, 0.1) is 5.92 Å². The highest BCUT2D eigenvalue weighted by atomic mass is 19.3. The molecular formula is C12H20F2N2O. The normalized spacial score (nSPS) is 26.8. The van der Waals surface area contributed by atoms with Crippen molar-refractivity contribution in [1.82, 2.24) is 9.80 Å². The molecule has 2 aliphatic heterocycles. The standard InChI is InChI=1S/C12H20F2N2O/c13-11(14)12(17)16-7-3-4-10(9-16)8-15-5-1-2-6-15/h10-11H,1-9H2. The zero-order valence-electron chi connectivity index (χ0n) is 10.1. The quantitative estimate of drug-likeness (QED) is 0.755. The molecule has 98 valence electrons. The van der Waals surface area contributed by atoms with E-state index >= 15 is 0 Å². The molecule has 1 amide bonds. The third kappa shape index (κ3) is 3.37. The molecule has 17 heavy (non-hydrogen) atoms. The number of amides is 1. The number of alkyl halides is 2. The van der Waals surface area contributed by atoms with Crippen molar-refractivity contribution in [2.24, 2.45) is 5.92 Å². The van der Waals surface area contributed by atoms with Crippen molar-refractivity contribution in [2.75, 3.05) is 32.7 Å². The highest BCUT2D eigenvalue weighted by Crippen LogP contribution is 2.20. The van der Waals surface area contributed by atoms with E-state index in [1.165, 1.54) is 17.7 Å². The minimum atomic E-state index is -2.85. The average molecular weight is 246 g/mol. The molecule has 2 aliphatic rings. The molecule has 0 aromatic carbocycles. The van der Waals surface area contributed by atoms with Gasteiger partial charge in [0, 0.05) is 19.6 Å². The number of hydrogen-bond acceptors (Lipinski definition) is 2. The van der Waals surface area contributed by atoms with Crippen LogP contribution in [0.1, 0.15) is 25.7 Å². The van der Waals surface area contributed by atoms with Gasteiger partial charge in [-0.05, 0) is 44.7 Å². The molecule has 0 spiro atoms. The van der Waals surface area contributed by atoms with Gasteiger partial charge in [-0.15, -0.1) is 0 Å². The average Bonchev–Trinajstić information content (AvgIpc) is 2.81. The Morgan fingerprint density at radius 1 is 1.18 bits per heavy atom. The van der Waals surface area contributed by atoms with E-state index in [-0.39, 0.29) is 0 Å². The molecular weight excluding hydrogens is 226 g/mol. The number of rotatable bonds is 3. The summed E-state index contributed by atoms with van der Waals surface area (Å²) in [6, 6.07) is 0. The van der Waals surface area contributed by atoms with Gasteiger partial charge >= 0.3 is 6.43 Å². The van der Waals surface area contributed by atoms with E-state index in [1.807, 2.05) is 0 Å². The van der Waals surface area contributed by atoms with Gasteiger partial charge in [0.2, 0.25) is 0 Å². The Morgan fingerprint density at radius 3 is 2.53 bits per heavy atom. The minimum absolute atomic E-state index is 0.379. The first kappa shape index (κ1) is 12.7. The maximum absolute atomic E-state index is 12.3.